The Labute approximate surface area is 157 Å². The number of carbonyl (C=O) groups is 1. The standard InChI is InChI=1S/C22H20N2O3/c25-22(23-14-16-11-12-19-20(13-16)27-15-26-19)24-21(17-7-3-1-4-8-17)18-9-5-2-6-10-18/h1-13,21H,14-15H2,(H2,23,24,25). The monoisotopic (exact) mass is 360 g/mol. The molecule has 27 heavy (non-hydrogen) atoms. The molecular formula is C22H20N2O3. The Morgan fingerprint density at radius 1 is 0.852 bits per heavy atom. The van der Waals surface area contributed by atoms with E-state index in [1.54, 1.807) is 0 Å². The summed E-state index contributed by atoms with van der Waals surface area (Å²) in [5, 5.41) is 5.98. The van der Waals surface area contributed by atoms with E-state index in [0.29, 0.717) is 12.3 Å². The van der Waals surface area contributed by atoms with Crippen molar-refractivity contribution in [1.29, 1.82) is 0 Å². The molecule has 0 saturated carbocycles. The zero-order valence-corrected chi connectivity index (χ0v) is 14.7. The predicted octanol–water partition coefficient (Wildman–Crippen LogP) is 4.00. The van der Waals surface area contributed by atoms with Crippen LogP contribution in [-0.4, -0.2) is 12.8 Å². The van der Waals surface area contributed by atoms with E-state index in [4.69, 9.17) is 9.47 Å². The van der Waals surface area contributed by atoms with Gasteiger partial charge in [0.2, 0.25) is 6.79 Å². The molecule has 1 heterocycles. The molecule has 0 atom stereocenters. The maximum absolute atomic E-state index is 12.5. The molecule has 0 spiro atoms. The third-order valence-electron chi connectivity index (χ3n) is 4.43. The molecule has 2 amide bonds. The summed E-state index contributed by atoms with van der Waals surface area (Å²) in [6.07, 6.45) is 0. The molecule has 0 unspecified atom stereocenters. The van der Waals surface area contributed by atoms with E-state index in [-0.39, 0.29) is 18.9 Å². The van der Waals surface area contributed by atoms with Gasteiger partial charge < -0.3 is 20.1 Å². The van der Waals surface area contributed by atoms with Crippen molar-refractivity contribution in [2.24, 2.45) is 0 Å². The Morgan fingerprint density at radius 3 is 2.15 bits per heavy atom. The molecule has 0 aromatic heterocycles. The van der Waals surface area contributed by atoms with Crippen molar-refractivity contribution in [1.82, 2.24) is 10.6 Å². The predicted molar refractivity (Wildman–Crippen MR) is 103 cm³/mol. The van der Waals surface area contributed by atoms with Crippen molar-refractivity contribution in [3.63, 3.8) is 0 Å². The summed E-state index contributed by atoms with van der Waals surface area (Å²) < 4.78 is 10.7. The van der Waals surface area contributed by atoms with Crippen LogP contribution in [0, 0.1) is 0 Å². The van der Waals surface area contributed by atoms with Crippen LogP contribution in [0.3, 0.4) is 0 Å². The lowest BCUT2D eigenvalue weighted by molar-refractivity contribution is 0.174. The average Bonchev–Trinajstić information content (AvgIpc) is 3.20. The maximum Gasteiger partial charge on any atom is 0.315 e. The number of amides is 2. The Balaban J connectivity index is 1.44. The van der Waals surface area contributed by atoms with Crippen LogP contribution in [-0.2, 0) is 6.54 Å². The van der Waals surface area contributed by atoms with Crippen LogP contribution in [0.1, 0.15) is 22.7 Å². The first kappa shape index (κ1) is 17.0. The Morgan fingerprint density at radius 2 is 1.48 bits per heavy atom. The van der Waals surface area contributed by atoms with Crippen LogP contribution < -0.4 is 20.1 Å². The fraction of sp³-hybridized carbons (Fsp3) is 0.136. The molecule has 5 nitrogen and oxygen atoms in total. The minimum atomic E-state index is -0.231. The van der Waals surface area contributed by atoms with Gasteiger partial charge in [-0.15, -0.1) is 0 Å². The van der Waals surface area contributed by atoms with E-state index in [9.17, 15) is 4.79 Å². The molecule has 0 radical (unpaired) electrons. The minimum absolute atomic E-state index is 0.218. The number of hydrogen-bond acceptors (Lipinski definition) is 3. The first-order chi connectivity index (χ1) is 13.3. The third kappa shape index (κ3) is 4.03. The number of urea groups is 1. The normalized spacial score (nSPS) is 12.0. The summed E-state index contributed by atoms with van der Waals surface area (Å²) in [6.45, 7) is 0.640. The van der Waals surface area contributed by atoms with Gasteiger partial charge in [0.05, 0.1) is 6.04 Å². The number of ether oxygens (including phenoxy) is 2. The largest absolute Gasteiger partial charge is 0.454 e. The van der Waals surface area contributed by atoms with Gasteiger partial charge >= 0.3 is 6.03 Å². The number of nitrogens with one attached hydrogen (secondary N) is 2. The maximum atomic E-state index is 12.5. The van der Waals surface area contributed by atoms with Crippen molar-refractivity contribution in [3.8, 4) is 11.5 Å². The average molecular weight is 360 g/mol. The summed E-state index contributed by atoms with van der Waals surface area (Å²) in [5.41, 5.74) is 3.01. The smallest absolute Gasteiger partial charge is 0.315 e. The summed E-state index contributed by atoms with van der Waals surface area (Å²) in [5.74, 6) is 1.44. The molecule has 0 bridgehead atoms. The summed E-state index contributed by atoms with van der Waals surface area (Å²) in [7, 11) is 0. The van der Waals surface area contributed by atoms with Crippen LogP contribution >= 0.6 is 0 Å². The molecule has 3 aromatic carbocycles. The summed E-state index contributed by atoms with van der Waals surface area (Å²) in [6, 6.07) is 25.1. The van der Waals surface area contributed by atoms with Gasteiger partial charge in [-0.25, -0.2) is 4.79 Å². The third-order valence-corrected chi connectivity index (χ3v) is 4.43. The summed E-state index contributed by atoms with van der Waals surface area (Å²) in [4.78, 5) is 12.5. The number of hydrogen-bond donors (Lipinski definition) is 2. The van der Waals surface area contributed by atoms with Crippen molar-refractivity contribution < 1.29 is 14.3 Å². The Kier molecular flexibility index (Phi) is 4.92. The number of carbonyl (C=O) groups excluding carboxylic acids is 1. The van der Waals surface area contributed by atoms with Gasteiger partial charge in [-0.05, 0) is 28.8 Å². The van der Waals surface area contributed by atoms with Crippen LogP contribution in [0.4, 0.5) is 4.79 Å². The summed E-state index contributed by atoms with van der Waals surface area (Å²) >= 11 is 0. The van der Waals surface area contributed by atoms with Crippen LogP contribution in [0.25, 0.3) is 0 Å². The van der Waals surface area contributed by atoms with Crippen LogP contribution in [0.15, 0.2) is 78.9 Å². The molecule has 1 aliphatic heterocycles. The SMILES string of the molecule is O=C(NCc1ccc2c(c1)OCO2)NC(c1ccccc1)c1ccccc1. The van der Waals surface area contributed by atoms with Crippen LogP contribution in [0.5, 0.6) is 11.5 Å². The van der Waals surface area contributed by atoms with E-state index >= 15 is 0 Å². The second-order valence-corrected chi connectivity index (χ2v) is 6.27. The molecule has 2 N–H and O–H groups in total. The highest BCUT2D eigenvalue weighted by Crippen LogP contribution is 2.32. The van der Waals surface area contributed by atoms with Crippen molar-refractivity contribution in [3.05, 3.63) is 95.6 Å². The zero-order chi connectivity index (χ0) is 18.5. The molecule has 3 aromatic rings. The van der Waals surface area contributed by atoms with Crippen molar-refractivity contribution in [2.45, 2.75) is 12.6 Å². The van der Waals surface area contributed by atoms with Gasteiger partial charge in [0.15, 0.2) is 11.5 Å². The molecule has 5 heteroatoms. The van der Waals surface area contributed by atoms with Crippen LogP contribution in [0.2, 0.25) is 0 Å². The van der Waals surface area contributed by atoms with E-state index in [2.05, 4.69) is 10.6 Å². The lowest BCUT2D eigenvalue weighted by Gasteiger charge is -2.20. The number of benzene rings is 3. The van der Waals surface area contributed by atoms with Gasteiger partial charge in [-0.2, -0.15) is 0 Å². The number of rotatable bonds is 5. The Bertz CT molecular complexity index is 874. The highest BCUT2D eigenvalue weighted by Gasteiger charge is 2.17. The van der Waals surface area contributed by atoms with Gasteiger partial charge in [-0.3, -0.25) is 0 Å². The molecular weight excluding hydrogens is 340 g/mol. The molecule has 4 rings (SSSR count). The highest BCUT2D eigenvalue weighted by atomic mass is 16.7. The first-order valence-corrected chi connectivity index (χ1v) is 8.82. The quantitative estimate of drug-likeness (QED) is 0.723. The Hall–Kier alpha value is -3.47. The topological polar surface area (TPSA) is 59.6 Å². The lowest BCUT2D eigenvalue weighted by atomic mass is 9.99. The molecule has 0 saturated heterocycles. The molecule has 0 aliphatic carbocycles. The minimum Gasteiger partial charge on any atom is -0.454 e. The fourth-order valence-electron chi connectivity index (χ4n) is 3.07. The molecule has 0 fully saturated rings. The number of fused-ring (bicyclic) bond motifs is 1. The molecule has 1 aliphatic rings. The van der Waals surface area contributed by atoms with Gasteiger partial charge in [0.25, 0.3) is 0 Å². The van der Waals surface area contributed by atoms with Gasteiger partial charge in [-0.1, -0.05) is 66.7 Å². The van der Waals surface area contributed by atoms with Crippen molar-refractivity contribution in [2.75, 3.05) is 6.79 Å². The van der Waals surface area contributed by atoms with Crippen molar-refractivity contribution >= 4 is 6.03 Å². The zero-order valence-electron chi connectivity index (χ0n) is 14.7. The van der Waals surface area contributed by atoms with E-state index < -0.39 is 0 Å². The van der Waals surface area contributed by atoms with Gasteiger partial charge in [0.1, 0.15) is 0 Å². The second kappa shape index (κ2) is 7.83. The molecule has 136 valence electrons. The fourth-order valence-corrected chi connectivity index (χ4v) is 3.07. The van der Waals surface area contributed by atoms with E-state index in [1.165, 1.54) is 0 Å². The lowest BCUT2D eigenvalue weighted by Crippen LogP contribution is -2.38. The second-order valence-electron chi connectivity index (χ2n) is 6.27. The van der Waals surface area contributed by atoms with E-state index in [1.807, 2.05) is 78.9 Å². The van der Waals surface area contributed by atoms with E-state index in [0.717, 1.165) is 22.4 Å². The van der Waals surface area contributed by atoms with Gasteiger partial charge in [0, 0.05) is 6.54 Å². The highest BCUT2D eigenvalue weighted by molar-refractivity contribution is 5.75. The first-order valence-electron chi connectivity index (χ1n) is 8.82.